The van der Waals surface area contributed by atoms with Crippen molar-refractivity contribution in [1.82, 2.24) is 10.4 Å². The quantitative estimate of drug-likeness (QED) is 0.559. The van der Waals surface area contributed by atoms with Gasteiger partial charge in [0.25, 0.3) is 0 Å². The van der Waals surface area contributed by atoms with E-state index in [1.165, 1.54) is 26.2 Å². The molecular formula is C21H30N2O4S. The highest BCUT2D eigenvalue weighted by Gasteiger charge is 2.30. The average molecular weight is 407 g/mol. The SMILES string of the molecule is CCCN(Cc1ccccc1)NC[C@@](C)(O)CS(=O)(=O)c1ccc(OC)cc1. The van der Waals surface area contributed by atoms with Crippen molar-refractivity contribution in [2.75, 3.05) is 26.0 Å². The van der Waals surface area contributed by atoms with Crippen molar-refractivity contribution in [2.24, 2.45) is 0 Å². The molecule has 0 saturated carbocycles. The van der Waals surface area contributed by atoms with Gasteiger partial charge in [0.2, 0.25) is 0 Å². The zero-order valence-electron chi connectivity index (χ0n) is 16.8. The number of nitrogens with zero attached hydrogens (tertiary/aromatic N) is 1. The molecule has 2 N–H and O–H groups in total. The molecule has 0 saturated heterocycles. The molecular weight excluding hydrogens is 376 g/mol. The van der Waals surface area contributed by atoms with Crippen LogP contribution in [0.2, 0.25) is 0 Å². The van der Waals surface area contributed by atoms with Crippen molar-refractivity contribution in [3.05, 3.63) is 60.2 Å². The maximum Gasteiger partial charge on any atom is 0.181 e. The van der Waals surface area contributed by atoms with Crippen LogP contribution in [-0.2, 0) is 16.4 Å². The molecule has 0 aliphatic heterocycles. The predicted molar refractivity (Wildman–Crippen MR) is 111 cm³/mol. The number of aliphatic hydroxyl groups is 1. The Balaban J connectivity index is 1.99. The van der Waals surface area contributed by atoms with Gasteiger partial charge in [-0.1, -0.05) is 37.3 Å². The molecule has 0 aliphatic rings. The number of hydrogen-bond donors (Lipinski definition) is 2. The van der Waals surface area contributed by atoms with Crippen LogP contribution in [0.3, 0.4) is 0 Å². The first-order chi connectivity index (χ1) is 13.3. The molecule has 0 radical (unpaired) electrons. The summed E-state index contributed by atoms with van der Waals surface area (Å²) in [5.74, 6) is 0.216. The van der Waals surface area contributed by atoms with Gasteiger partial charge in [-0.25, -0.2) is 13.4 Å². The lowest BCUT2D eigenvalue weighted by Gasteiger charge is -2.29. The Labute approximate surface area is 168 Å². The molecule has 0 fully saturated rings. The molecule has 2 rings (SSSR count). The molecule has 2 aromatic carbocycles. The number of nitrogens with one attached hydrogen (secondary N) is 1. The van der Waals surface area contributed by atoms with E-state index in [-0.39, 0.29) is 17.2 Å². The molecule has 0 aliphatic carbocycles. The Kier molecular flexibility index (Phi) is 8.00. The van der Waals surface area contributed by atoms with E-state index in [4.69, 9.17) is 4.74 Å². The summed E-state index contributed by atoms with van der Waals surface area (Å²) in [5, 5.41) is 12.7. The third-order valence-corrected chi connectivity index (χ3v) is 6.31. The van der Waals surface area contributed by atoms with Crippen molar-refractivity contribution in [3.63, 3.8) is 0 Å². The fraction of sp³-hybridized carbons (Fsp3) is 0.429. The maximum atomic E-state index is 12.7. The lowest BCUT2D eigenvalue weighted by atomic mass is 10.1. The number of methoxy groups -OCH3 is 1. The van der Waals surface area contributed by atoms with Crippen LogP contribution in [0.1, 0.15) is 25.8 Å². The van der Waals surface area contributed by atoms with Crippen molar-refractivity contribution in [1.29, 1.82) is 0 Å². The topological polar surface area (TPSA) is 78.9 Å². The Bertz CT molecular complexity index is 821. The van der Waals surface area contributed by atoms with E-state index < -0.39 is 15.4 Å². The summed E-state index contributed by atoms with van der Waals surface area (Å²) in [6.45, 7) is 5.21. The maximum absolute atomic E-state index is 12.7. The fourth-order valence-corrected chi connectivity index (χ4v) is 4.53. The lowest BCUT2D eigenvalue weighted by Crippen LogP contribution is -2.49. The molecule has 2 aromatic rings. The minimum atomic E-state index is -3.63. The second-order valence-corrected chi connectivity index (χ2v) is 9.16. The Hall–Kier alpha value is -1.93. The molecule has 154 valence electrons. The molecule has 28 heavy (non-hydrogen) atoms. The summed E-state index contributed by atoms with van der Waals surface area (Å²) < 4.78 is 30.4. The van der Waals surface area contributed by atoms with E-state index in [0.717, 1.165) is 18.5 Å². The minimum Gasteiger partial charge on any atom is -0.497 e. The van der Waals surface area contributed by atoms with Gasteiger partial charge in [-0.3, -0.25) is 5.43 Å². The van der Waals surface area contributed by atoms with Gasteiger partial charge in [-0.2, -0.15) is 0 Å². The number of benzene rings is 2. The van der Waals surface area contributed by atoms with E-state index in [1.807, 2.05) is 35.3 Å². The van der Waals surface area contributed by atoms with E-state index >= 15 is 0 Å². The second kappa shape index (κ2) is 10.0. The van der Waals surface area contributed by atoms with Crippen LogP contribution in [0.5, 0.6) is 5.75 Å². The average Bonchev–Trinajstić information content (AvgIpc) is 2.66. The van der Waals surface area contributed by atoms with Gasteiger partial charge in [0, 0.05) is 19.6 Å². The highest BCUT2D eigenvalue weighted by molar-refractivity contribution is 7.91. The predicted octanol–water partition coefficient (Wildman–Crippen LogP) is 2.64. The van der Waals surface area contributed by atoms with Gasteiger partial charge in [-0.15, -0.1) is 0 Å². The molecule has 6 nitrogen and oxygen atoms in total. The summed E-state index contributed by atoms with van der Waals surface area (Å²) >= 11 is 0. The molecule has 0 unspecified atom stereocenters. The summed E-state index contributed by atoms with van der Waals surface area (Å²) in [6.07, 6.45) is 0.937. The first-order valence-corrected chi connectivity index (χ1v) is 11.0. The number of hydrazine groups is 1. The number of ether oxygens (including phenoxy) is 1. The Morgan fingerprint density at radius 1 is 1.11 bits per heavy atom. The lowest BCUT2D eigenvalue weighted by molar-refractivity contribution is 0.0477. The van der Waals surface area contributed by atoms with Crippen LogP contribution in [0.4, 0.5) is 0 Å². The molecule has 0 bridgehead atoms. The zero-order chi connectivity index (χ0) is 20.6. The van der Waals surface area contributed by atoms with Crippen LogP contribution in [0.15, 0.2) is 59.5 Å². The molecule has 0 heterocycles. The minimum absolute atomic E-state index is 0.134. The highest BCUT2D eigenvalue weighted by Crippen LogP contribution is 2.20. The Morgan fingerprint density at radius 3 is 2.32 bits per heavy atom. The normalized spacial score (nSPS) is 14.0. The van der Waals surface area contributed by atoms with E-state index in [2.05, 4.69) is 12.3 Å². The standard InChI is InChI=1S/C21H30N2O4S/c1-4-14-23(15-18-8-6-5-7-9-18)22-16-21(2,24)17-28(25,26)20-12-10-19(27-3)11-13-20/h5-13,22,24H,4,14-17H2,1-3H3/t21-/m1/s1. The summed E-state index contributed by atoms with van der Waals surface area (Å²) in [5.41, 5.74) is 2.93. The summed E-state index contributed by atoms with van der Waals surface area (Å²) in [7, 11) is -2.10. The van der Waals surface area contributed by atoms with Crippen LogP contribution in [0.25, 0.3) is 0 Å². The van der Waals surface area contributed by atoms with Crippen LogP contribution >= 0.6 is 0 Å². The summed E-state index contributed by atoms with van der Waals surface area (Å²) in [4.78, 5) is 0.170. The van der Waals surface area contributed by atoms with E-state index in [9.17, 15) is 13.5 Å². The third-order valence-electron chi connectivity index (χ3n) is 4.31. The van der Waals surface area contributed by atoms with Gasteiger partial charge in [-0.05, 0) is 43.2 Å². The van der Waals surface area contributed by atoms with Gasteiger partial charge in [0.1, 0.15) is 5.75 Å². The number of hydrogen-bond acceptors (Lipinski definition) is 6. The number of sulfone groups is 1. The van der Waals surface area contributed by atoms with E-state index in [0.29, 0.717) is 12.3 Å². The fourth-order valence-electron chi connectivity index (χ4n) is 2.90. The second-order valence-electron chi connectivity index (χ2n) is 7.17. The van der Waals surface area contributed by atoms with Gasteiger partial charge in [0.15, 0.2) is 9.84 Å². The Morgan fingerprint density at radius 2 is 1.75 bits per heavy atom. The van der Waals surface area contributed by atoms with Crippen molar-refractivity contribution >= 4 is 9.84 Å². The van der Waals surface area contributed by atoms with Crippen LogP contribution in [-0.4, -0.2) is 50.1 Å². The first kappa shape index (κ1) is 22.4. The highest BCUT2D eigenvalue weighted by atomic mass is 32.2. The molecule has 0 amide bonds. The smallest absolute Gasteiger partial charge is 0.181 e. The first-order valence-electron chi connectivity index (χ1n) is 9.37. The third kappa shape index (κ3) is 6.91. The van der Waals surface area contributed by atoms with Gasteiger partial charge in [0.05, 0.1) is 23.4 Å². The summed E-state index contributed by atoms with van der Waals surface area (Å²) in [6, 6.07) is 16.2. The molecule has 7 heteroatoms. The molecule has 1 atom stereocenters. The van der Waals surface area contributed by atoms with Crippen LogP contribution < -0.4 is 10.2 Å². The zero-order valence-corrected chi connectivity index (χ0v) is 17.6. The van der Waals surface area contributed by atoms with Crippen molar-refractivity contribution in [3.8, 4) is 5.75 Å². The van der Waals surface area contributed by atoms with Gasteiger partial charge < -0.3 is 9.84 Å². The largest absolute Gasteiger partial charge is 0.497 e. The van der Waals surface area contributed by atoms with E-state index in [1.54, 1.807) is 12.1 Å². The molecule has 0 spiro atoms. The van der Waals surface area contributed by atoms with Crippen molar-refractivity contribution in [2.45, 2.75) is 37.3 Å². The molecule has 0 aromatic heterocycles. The monoisotopic (exact) mass is 406 g/mol. The van der Waals surface area contributed by atoms with Gasteiger partial charge >= 0.3 is 0 Å². The van der Waals surface area contributed by atoms with Crippen molar-refractivity contribution < 1.29 is 18.3 Å². The number of rotatable bonds is 11. The van der Waals surface area contributed by atoms with Crippen LogP contribution in [0, 0.1) is 0 Å².